The van der Waals surface area contributed by atoms with Gasteiger partial charge in [0.05, 0.1) is 4.90 Å². The van der Waals surface area contributed by atoms with Crippen LogP contribution in [0.25, 0.3) is 6.08 Å². The van der Waals surface area contributed by atoms with Crippen molar-refractivity contribution in [1.82, 2.24) is 9.97 Å². The molecule has 0 atom stereocenters. The van der Waals surface area contributed by atoms with Crippen molar-refractivity contribution in [3.05, 3.63) is 77.6 Å². The van der Waals surface area contributed by atoms with Gasteiger partial charge in [0, 0.05) is 17.6 Å². The van der Waals surface area contributed by atoms with E-state index >= 15 is 0 Å². The number of carbonyl (C=O) groups excluding carboxylic acids is 2. The monoisotopic (exact) mass is 492 g/mol. The molecule has 0 aliphatic carbocycles. The Labute approximate surface area is 201 Å². The zero-order chi connectivity index (χ0) is 25.4. The minimum atomic E-state index is -3.94. The Morgan fingerprint density at radius 1 is 1.11 bits per heavy atom. The molecule has 1 heterocycles. The normalized spacial score (nSPS) is 11.3. The molecule has 0 saturated carbocycles. The average Bonchev–Trinajstić information content (AvgIpc) is 2.82. The summed E-state index contributed by atoms with van der Waals surface area (Å²) < 4.78 is 32.5. The molecule has 0 unspecified atom stereocenters. The van der Waals surface area contributed by atoms with E-state index in [4.69, 9.17) is 10.5 Å². The van der Waals surface area contributed by atoms with Crippen molar-refractivity contribution in [2.75, 3.05) is 16.6 Å². The summed E-state index contributed by atoms with van der Waals surface area (Å²) >= 11 is 0. The number of sulfonamides is 1. The Balaban J connectivity index is 1.67. The number of primary amides is 1. The molecule has 4 N–H and O–H groups in total. The van der Waals surface area contributed by atoms with Gasteiger partial charge in [0.1, 0.15) is 17.4 Å². The molecule has 3 rings (SSSR count). The van der Waals surface area contributed by atoms with Gasteiger partial charge in [-0.15, -0.1) is 0 Å². The van der Waals surface area contributed by atoms with Crippen LogP contribution in [0.1, 0.15) is 11.3 Å². The molecule has 0 bridgehead atoms. The van der Waals surface area contributed by atoms with Crippen LogP contribution in [-0.4, -0.2) is 36.8 Å². The summed E-state index contributed by atoms with van der Waals surface area (Å²) in [5.74, 6) is -0.941. The van der Waals surface area contributed by atoms with Crippen LogP contribution in [0.2, 0.25) is 0 Å². The minimum Gasteiger partial charge on any atom is -0.484 e. The van der Waals surface area contributed by atoms with Gasteiger partial charge < -0.3 is 15.8 Å². The number of hydrogen-bond donors (Lipinski definition) is 3. The second-order valence-corrected chi connectivity index (χ2v) is 8.78. The van der Waals surface area contributed by atoms with E-state index < -0.39 is 21.8 Å². The Morgan fingerprint density at radius 3 is 2.40 bits per heavy atom. The maximum absolute atomic E-state index is 12.5. The summed E-state index contributed by atoms with van der Waals surface area (Å²) in [7, 11) is -3.94. The molecule has 0 saturated heterocycles. The SMILES string of the molecule is Cc1ccnc(NS(=O)(=O)c2ccc(NC(=O)/C(C#N)=C/c3ccc(OCC(N)=O)cc3)cc2)n1. The number of hydrogen-bond acceptors (Lipinski definition) is 8. The summed E-state index contributed by atoms with van der Waals surface area (Å²) in [5, 5.41) is 11.9. The summed E-state index contributed by atoms with van der Waals surface area (Å²) in [4.78, 5) is 31.1. The topological polar surface area (TPSA) is 177 Å². The molecule has 2 amide bonds. The van der Waals surface area contributed by atoms with E-state index in [9.17, 15) is 23.3 Å². The predicted molar refractivity (Wildman–Crippen MR) is 127 cm³/mol. The highest BCUT2D eigenvalue weighted by atomic mass is 32.2. The van der Waals surface area contributed by atoms with Gasteiger partial charge in [-0.1, -0.05) is 12.1 Å². The first-order valence-electron chi connectivity index (χ1n) is 10.0. The minimum absolute atomic E-state index is 0.0568. The summed E-state index contributed by atoms with van der Waals surface area (Å²) in [6.07, 6.45) is 2.81. The third kappa shape index (κ3) is 7.11. The maximum Gasteiger partial charge on any atom is 0.266 e. The van der Waals surface area contributed by atoms with Gasteiger partial charge in [-0.25, -0.2) is 23.1 Å². The van der Waals surface area contributed by atoms with Crippen LogP contribution in [-0.2, 0) is 19.6 Å². The van der Waals surface area contributed by atoms with Gasteiger partial charge in [0.25, 0.3) is 21.8 Å². The van der Waals surface area contributed by atoms with Crippen molar-refractivity contribution < 1.29 is 22.7 Å². The number of aromatic nitrogens is 2. The molecular weight excluding hydrogens is 472 g/mol. The highest BCUT2D eigenvalue weighted by Crippen LogP contribution is 2.18. The number of nitrogens with two attached hydrogens (primary N) is 1. The Bertz CT molecular complexity index is 1410. The lowest BCUT2D eigenvalue weighted by Gasteiger charge is -2.09. The van der Waals surface area contributed by atoms with Crippen LogP contribution in [0.5, 0.6) is 5.75 Å². The summed E-state index contributed by atoms with van der Waals surface area (Å²) in [6.45, 7) is 1.44. The van der Waals surface area contributed by atoms with Gasteiger partial charge in [-0.2, -0.15) is 5.26 Å². The van der Waals surface area contributed by atoms with Gasteiger partial charge in [-0.3, -0.25) is 9.59 Å². The molecule has 1 aromatic heterocycles. The highest BCUT2D eigenvalue weighted by molar-refractivity contribution is 7.92. The van der Waals surface area contributed by atoms with E-state index in [-0.39, 0.29) is 28.7 Å². The van der Waals surface area contributed by atoms with Crippen LogP contribution in [0.4, 0.5) is 11.6 Å². The number of nitrogens with zero attached hydrogens (tertiary/aromatic N) is 3. The number of nitriles is 1. The van der Waals surface area contributed by atoms with Gasteiger partial charge in [0.2, 0.25) is 5.95 Å². The largest absolute Gasteiger partial charge is 0.484 e. The van der Waals surface area contributed by atoms with Crippen LogP contribution in [0, 0.1) is 18.3 Å². The second-order valence-electron chi connectivity index (χ2n) is 7.10. The number of anilines is 2. The molecule has 11 nitrogen and oxygen atoms in total. The standard InChI is InChI=1S/C23H20N6O5S/c1-15-10-11-26-23(27-15)29-35(32,33)20-8-4-18(5-9-20)28-22(31)17(13-24)12-16-2-6-19(7-3-16)34-14-21(25)30/h2-12H,14H2,1H3,(H2,25,30)(H,28,31)(H,26,27,29)/b17-12+. The number of benzene rings is 2. The number of rotatable bonds is 9. The third-order valence-electron chi connectivity index (χ3n) is 4.38. The van der Waals surface area contributed by atoms with Crippen molar-refractivity contribution in [3.63, 3.8) is 0 Å². The molecule has 35 heavy (non-hydrogen) atoms. The molecule has 12 heteroatoms. The van der Waals surface area contributed by atoms with Gasteiger partial charge >= 0.3 is 0 Å². The molecule has 0 aliphatic heterocycles. The molecule has 0 spiro atoms. The van der Waals surface area contributed by atoms with Crippen molar-refractivity contribution in [3.8, 4) is 11.8 Å². The predicted octanol–water partition coefficient (Wildman–Crippen LogP) is 2.00. The van der Waals surface area contributed by atoms with E-state index in [0.29, 0.717) is 17.0 Å². The van der Waals surface area contributed by atoms with E-state index in [1.807, 2.05) is 6.07 Å². The molecule has 0 fully saturated rings. The number of amides is 2. The van der Waals surface area contributed by atoms with Crippen LogP contribution < -0.4 is 20.5 Å². The fourth-order valence-electron chi connectivity index (χ4n) is 2.72. The van der Waals surface area contributed by atoms with Crippen molar-refractivity contribution in [1.29, 1.82) is 5.26 Å². The molecule has 0 aliphatic rings. The summed E-state index contributed by atoms with van der Waals surface area (Å²) in [5.41, 5.74) is 6.29. The van der Waals surface area contributed by atoms with Gasteiger partial charge in [-0.05, 0) is 61.0 Å². The van der Waals surface area contributed by atoms with E-state index in [1.165, 1.54) is 36.5 Å². The van der Waals surface area contributed by atoms with Crippen LogP contribution >= 0.6 is 0 Å². The Kier molecular flexibility index (Phi) is 7.75. The van der Waals surface area contributed by atoms with Crippen molar-refractivity contribution >= 4 is 39.5 Å². The second kappa shape index (κ2) is 10.9. The van der Waals surface area contributed by atoms with Gasteiger partial charge in [0.15, 0.2) is 6.61 Å². The molecule has 3 aromatic rings. The summed E-state index contributed by atoms with van der Waals surface area (Å²) in [6, 6.07) is 15.2. The van der Waals surface area contributed by atoms with E-state index in [2.05, 4.69) is 20.0 Å². The third-order valence-corrected chi connectivity index (χ3v) is 5.72. The van der Waals surface area contributed by atoms with Crippen LogP contribution in [0.3, 0.4) is 0 Å². The fraction of sp³-hybridized carbons (Fsp3) is 0.0870. The lowest BCUT2D eigenvalue weighted by atomic mass is 10.1. The molecule has 178 valence electrons. The van der Waals surface area contributed by atoms with Crippen molar-refractivity contribution in [2.45, 2.75) is 11.8 Å². The zero-order valence-corrected chi connectivity index (χ0v) is 19.2. The number of ether oxygens (including phenoxy) is 1. The molecule has 0 radical (unpaired) electrons. The molecular formula is C23H20N6O5S. The van der Waals surface area contributed by atoms with Crippen molar-refractivity contribution in [2.24, 2.45) is 5.73 Å². The first kappa shape index (κ1) is 24.9. The average molecular weight is 493 g/mol. The molecule has 2 aromatic carbocycles. The highest BCUT2D eigenvalue weighted by Gasteiger charge is 2.16. The van der Waals surface area contributed by atoms with E-state index in [0.717, 1.165) is 0 Å². The van der Waals surface area contributed by atoms with E-state index in [1.54, 1.807) is 37.3 Å². The first-order chi connectivity index (χ1) is 16.7. The number of nitrogens with one attached hydrogen (secondary N) is 2. The van der Waals surface area contributed by atoms with Crippen LogP contribution in [0.15, 0.2) is 71.3 Å². The smallest absolute Gasteiger partial charge is 0.266 e. The number of carbonyl (C=O) groups is 2. The lowest BCUT2D eigenvalue weighted by molar-refractivity contribution is -0.120. The lowest BCUT2D eigenvalue weighted by Crippen LogP contribution is -2.19. The quantitative estimate of drug-likeness (QED) is 0.300. The first-order valence-corrected chi connectivity index (χ1v) is 11.5. The Hall–Kier alpha value is -4.76. The Morgan fingerprint density at radius 2 is 1.80 bits per heavy atom. The number of aryl methyl sites for hydroxylation is 1. The zero-order valence-electron chi connectivity index (χ0n) is 18.4. The maximum atomic E-state index is 12.5. The fourth-order valence-corrected chi connectivity index (χ4v) is 3.67.